The van der Waals surface area contributed by atoms with E-state index in [0.717, 1.165) is 39.0 Å². The molecule has 0 amide bonds. The summed E-state index contributed by atoms with van der Waals surface area (Å²) in [5.74, 6) is 0. The number of anilines is 3. The van der Waals surface area contributed by atoms with E-state index in [0.29, 0.717) is 0 Å². The highest BCUT2D eigenvalue weighted by Gasteiger charge is 2.20. The lowest BCUT2D eigenvalue weighted by Gasteiger charge is -2.27. The average Bonchev–Trinajstić information content (AvgIpc) is 3.63. The highest BCUT2D eigenvalue weighted by Crippen LogP contribution is 2.44. The highest BCUT2D eigenvalue weighted by atomic mass is 32.1. The highest BCUT2D eigenvalue weighted by molar-refractivity contribution is 7.25. The van der Waals surface area contributed by atoms with Gasteiger partial charge in [0.15, 0.2) is 0 Å². The van der Waals surface area contributed by atoms with Crippen molar-refractivity contribution in [1.82, 2.24) is 0 Å². The van der Waals surface area contributed by atoms with Gasteiger partial charge in [0.2, 0.25) is 0 Å². The van der Waals surface area contributed by atoms with Gasteiger partial charge in [-0.1, -0.05) is 91.0 Å². The predicted molar refractivity (Wildman–Crippen MR) is 184 cm³/mol. The van der Waals surface area contributed by atoms with Crippen molar-refractivity contribution in [3.8, 4) is 11.1 Å². The minimum atomic E-state index is 0.886. The minimum Gasteiger partial charge on any atom is -0.456 e. The fourth-order valence-electron chi connectivity index (χ4n) is 6.40. The molecule has 0 radical (unpaired) electrons. The van der Waals surface area contributed by atoms with Crippen LogP contribution in [0.3, 0.4) is 0 Å². The third-order valence-corrected chi connectivity index (χ3v) is 9.57. The van der Waals surface area contributed by atoms with Gasteiger partial charge in [-0.2, -0.15) is 0 Å². The molecule has 0 spiro atoms. The summed E-state index contributed by atoms with van der Waals surface area (Å²) < 4.78 is 8.95. The van der Waals surface area contributed by atoms with Crippen LogP contribution in [-0.2, 0) is 0 Å². The molecule has 2 nitrogen and oxygen atoms in total. The zero-order valence-corrected chi connectivity index (χ0v) is 24.0. The summed E-state index contributed by atoms with van der Waals surface area (Å²) >= 11 is 1.86. The maximum Gasteiger partial charge on any atom is 0.137 e. The van der Waals surface area contributed by atoms with Crippen LogP contribution in [0, 0.1) is 0 Å². The Hall–Kier alpha value is -5.38. The second-order valence-corrected chi connectivity index (χ2v) is 12.1. The lowest BCUT2D eigenvalue weighted by atomic mass is 10.0. The van der Waals surface area contributed by atoms with Gasteiger partial charge in [0.05, 0.1) is 11.1 Å². The molecule has 0 bridgehead atoms. The van der Waals surface area contributed by atoms with E-state index < -0.39 is 0 Å². The number of hydrogen-bond donors (Lipinski definition) is 0. The van der Waals surface area contributed by atoms with Crippen molar-refractivity contribution in [2.75, 3.05) is 4.90 Å². The van der Waals surface area contributed by atoms with Crippen LogP contribution in [0.15, 0.2) is 156 Å². The van der Waals surface area contributed by atoms with Gasteiger partial charge in [0.25, 0.3) is 0 Å². The Balaban J connectivity index is 1.27. The van der Waals surface area contributed by atoms with Gasteiger partial charge in [-0.15, -0.1) is 11.3 Å². The van der Waals surface area contributed by atoms with Gasteiger partial charge in [0, 0.05) is 36.9 Å². The van der Waals surface area contributed by atoms with Crippen molar-refractivity contribution in [1.29, 1.82) is 0 Å². The van der Waals surface area contributed by atoms with Crippen LogP contribution in [0.25, 0.3) is 64.0 Å². The topological polar surface area (TPSA) is 16.4 Å². The summed E-state index contributed by atoms with van der Waals surface area (Å²) in [6.07, 6.45) is 0. The van der Waals surface area contributed by atoms with Crippen LogP contribution in [0.4, 0.5) is 17.1 Å². The third kappa shape index (κ3) is 3.93. The number of rotatable bonds is 4. The van der Waals surface area contributed by atoms with Crippen LogP contribution in [-0.4, -0.2) is 0 Å². The number of thiophene rings is 1. The molecular weight excluding hydrogens is 543 g/mol. The number of hydrogen-bond acceptors (Lipinski definition) is 3. The molecule has 0 N–H and O–H groups in total. The van der Waals surface area contributed by atoms with Crippen LogP contribution in [0.5, 0.6) is 0 Å². The van der Waals surface area contributed by atoms with E-state index in [4.69, 9.17) is 4.42 Å². The summed E-state index contributed by atoms with van der Waals surface area (Å²) in [4.78, 5) is 2.37. The first-order valence-electron chi connectivity index (χ1n) is 14.5. The molecule has 43 heavy (non-hydrogen) atoms. The molecule has 0 fully saturated rings. The Morgan fingerprint density at radius 2 is 1.16 bits per heavy atom. The first-order valence-corrected chi connectivity index (χ1v) is 15.3. The number of furan rings is 1. The van der Waals surface area contributed by atoms with Crippen molar-refractivity contribution < 1.29 is 4.42 Å². The summed E-state index contributed by atoms with van der Waals surface area (Å²) in [7, 11) is 0. The molecule has 0 aliphatic carbocycles. The van der Waals surface area contributed by atoms with Gasteiger partial charge in [0.1, 0.15) is 11.2 Å². The fourth-order valence-corrected chi connectivity index (χ4v) is 7.53. The quantitative estimate of drug-likeness (QED) is 0.210. The lowest BCUT2D eigenvalue weighted by molar-refractivity contribution is 0.669. The largest absolute Gasteiger partial charge is 0.456 e. The summed E-state index contributed by atoms with van der Waals surface area (Å²) in [5.41, 5.74) is 7.49. The van der Waals surface area contributed by atoms with E-state index >= 15 is 0 Å². The fraction of sp³-hybridized carbons (Fsp3) is 0. The molecule has 2 heterocycles. The number of nitrogens with zero attached hydrogens (tertiary/aromatic N) is 1. The van der Waals surface area contributed by atoms with Crippen molar-refractivity contribution in [3.05, 3.63) is 152 Å². The predicted octanol–water partition coefficient (Wildman–Crippen LogP) is 12.2. The Morgan fingerprint density at radius 1 is 0.442 bits per heavy atom. The van der Waals surface area contributed by atoms with Crippen LogP contribution in [0.2, 0.25) is 0 Å². The Kier molecular flexibility index (Phi) is 5.40. The van der Waals surface area contributed by atoms with Gasteiger partial charge < -0.3 is 9.32 Å². The van der Waals surface area contributed by atoms with E-state index in [-0.39, 0.29) is 0 Å². The van der Waals surface area contributed by atoms with Crippen molar-refractivity contribution >= 4 is 81.3 Å². The van der Waals surface area contributed by atoms with Crippen LogP contribution >= 0.6 is 11.3 Å². The van der Waals surface area contributed by atoms with Crippen molar-refractivity contribution in [2.45, 2.75) is 0 Å². The lowest BCUT2D eigenvalue weighted by Crippen LogP contribution is -2.10. The molecule has 7 aromatic carbocycles. The smallest absolute Gasteiger partial charge is 0.137 e. The summed E-state index contributed by atoms with van der Waals surface area (Å²) in [5, 5.41) is 7.35. The van der Waals surface area contributed by atoms with Crippen LogP contribution < -0.4 is 4.90 Å². The van der Waals surface area contributed by atoms with Gasteiger partial charge in [-0.3, -0.25) is 0 Å². The first-order chi connectivity index (χ1) is 21.3. The molecule has 9 aromatic rings. The maximum atomic E-state index is 6.31. The molecule has 0 aliphatic rings. The molecule has 0 aliphatic heterocycles. The molecule has 2 aromatic heterocycles. The number of benzene rings is 7. The average molecular weight is 568 g/mol. The number of fused-ring (bicyclic) bond motifs is 7. The molecule has 0 saturated carbocycles. The molecule has 202 valence electrons. The second-order valence-electron chi connectivity index (χ2n) is 11.0. The molecular formula is C40H25NOS. The summed E-state index contributed by atoms with van der Waals surface area (Å²) in [6, 6.07) is 54.3. The Labute approximate surface area is 252 Å². The van der Waals surface area contributed by atoms with Gasteiger partial charge in [-0.05, 0) is 82.6 Å². The monoisotopic (exact) mass is 567 g/mol. The third-order valence-electron chi connectivity index (χ3n) is 8.43. The van der Waals surface area contributed by atoms with E-state index in [1.54, 1.807) is 0 Å². The van der Waals surface area contributed by atoms with Gasteiger partial charge >= 0.3 is 0 Å². The SMILES string of the molecule is c1ccc(-c2ccc(N(c3ccc4cc5c(cc4c3)sc3ccccc35)c3cccc4oc5ccccc5c34)cc2)cc1. The molecule has 0 saturated heterocycles. The Bertz CT molecular complexity index is 2450. The standard InChI is InChI=1S/C40H25NOS/c1-2-9-26(10-3-1)27-17-20-30(21-18-27)41(35-13-8-15-37-40(35)33-12-4-6-14-36(33)42-37)31-22-19-28-24-34-32-11-5-7-16-38(32)43-39(34)25-29(28)23-31/h1-25H. The minimum absolute atomic E-state index is 0.886. The molecule has 0 unspecified atom stereocenters. The summed E-state index contributed by atoms with van der Waals surface area (Å²) in [6.45, 7) is 0. The van der Waals surface area contributed by atoms with Crippen molar-refractivity contribution in [3.63, 3.8) is 0 Å². The normalized spacial score (nSPS) is 11.7. The van der Waals surface area contributed by atoms with E-state index in [1.165, 1.54) is 42.1 Å². The van der Waals surface area contributed by atoms with Crippen LogP contribution in [0.1, 0.15) is 0 Å². The van der Waals surface area contributed by atoms with Gasteiger partial charge in [-0.25, -0.2) is 0 Å². The van der Waals surface area contributed by atoms with E-state index in [2.05, 4.69) is 144 Å². The Morgan fingerprint density at radius 3 is 2.05 bits per heavy atom. The van der Waals surface area contributed by atoms with E-state index in [9.17, 15) is 0 Å². The zero-order valence-electron chi connectivity index (χ0n) is 23.2. The second kappa shape index (κ2) is 9.59. The molecule has 9 rings (SSSR count). The first kappa shape index (κ1) is 24.2. The molecule has 0 atom stereocenters. The molecule has 3 heteroatoms. The number of para-hydroxylation sites is 1. The maximum absolute atomic E-state index is 6.31. The zero-order chi connectivity index (χ0) is 28.3. The van der Waals surface area contributed by atoms with Crippen molar-refractivity contribution in [2.24, 2.45) is 0 Å². The van der Waals surface area contributed by atoms with E-state index in [1.807, 2.05) is 23.5 Å².